The number of halogens is 2. The van der Waals surface area contributed by atoms with E-state index in [0.717, 1.165) is 31.4 Å². The van der Waals surface area contributed by atoms with Crippen LogP contribution < -0.4 is 5.56 Å². The fourth-order valence-corrected chi connectivity index (χ4v) is 4.37. The van der Waals surface area contributed by atoms with Gasteiger partial charge in [0, 0.05) is 18.3 Å². The van der Waals surface area contributed by atoms with Crippen LogP contribution in [0.2, 0.25) is 0 Å². The van der Waals surface area contributed by atoms with Crippen LogP contribution >= 0.6 is 0 Å². The van der Waals surface area contributed by atoms with Gasteiger partial charge in [-0.25, -0.2) is 8.78 Å². The zero-order chi connectivity index (χ0) is 20.1. The lowest BCUT2D eigenvalue weighted by Gasteiger charge is -2.39. The number of rotatable bonds is 2. The Hall–Kier alpha value is -2.32. The molecule has 150 valence electrons. The first-order valence-corrected chi connectivity index (χ1v) is 9.43. The molecule has 0 radical (unpaired) electrons. The summed E-state index contributed by atoms with van der Waals surface area (Å²) in [5.41, 5.74) is -1.03. The minimum atomic E-state index is -1.43. The van der Waals surface area contributed by atoms with Crippen LogP contribution in [0.5, 0.6) is 0 Å². The van der Waals surface area contributed by atoms with Gasteiger partial charge in [-0.1, -0.05) is 19.3 Å². The number of nitrogens with one attached hydrogen (secondary N) is 1. The van der Waals surface area contributed by atoms with Crippen LogP contribution in [0.3, 0.4) is 0 Å². The van der Waals surface area contributed by atoms with Crippen LogP contribution in [0, 0.1) is 11.6 Å². The second-order valence-electron chi connectivity index (χ2n) is 7.70. The summed E-state index contributed by atoms with van der Waals surface area (Å²) >= 11 is 0. The van der Waals surface area contributed by atoms with Gasteiger partial charge < -0.3 is 19.7 Å². The van der Waals surface area contributed by atoms with Crippen molar-refractivity contribution >= 4 is 16.7 Å². The van der Waals surface area contributed by atoms with E-state index in [4.69, 9.17) is 4.74 Å². The van der Waals surface area contributed by atoms with Crippen molar-refractivity contribution in [1.82, 2.24) is 9.88 Å². The molecule has 8 heteroatoms. The van der Waals surface area contributed by atoms with E-state index in [9.17, 15) is 23.5 Å². The number of aliphatic hydroxyl groups is 1. The third kappa shape index (κ3) is 3.00. The molecule has 4 rings (SSSR count). The summed E-state index contributed by atoms with van der Waals surface area (Å²) in [6.45, 7) is 0.230. The monoisotopic (exact) mass is 392 g/mol. The van der Waals surface area contributed by atoms with E-state index in [1.165, 1.54) is 4.90 Å². The Morgan fingerprint density at radius 2 is 1.86 bits per heavy atom. The molecule has 2 aliphatic rings. The summed E-state index contributed by atoms with van der Waals surface area (Å²) < 4.78 is 33.2. The number of hydrogen-bond acceptors (Lipinski definition) is 4. The highest BCUT2D eigenvalue weighted by molar-refractivity contribution is 5.89. The first-order chi connectivity index (χ1) is 13.3. The molecular formula is C20H22F2N2O4. The number of amides is 1. The summed E-state index contributed by atoms with van der Waals surface area (Å²) in [7, 11) is 1.56. The van der Waals surface area contributed by atoms with Gasteiger partial charge in [0.25, 0.3) is 11.5 Å². The van der Waals surface area contributed by atoms with Crippen LogP contribution in [-0.4, -0.2) is 40.2 Å². The SMILES string of the molecule is CN(C(=O)C1(O)CCCCC1)[C@H]1COCc2[nH]c(=O)c3cc(F)c(F)cc3c21. The summed E-state index contributed by atoms with van der Waals surface area (Å²) in [5, 5.41) is 11.1. The Morgan fingerprint density at radius 3 is 2.54 bits per heavy atom. The van der Waals surface area contributed by atoms with Crippen molar-refractivity contribution in [3.63, 3.8) is 0 Å². The Bertz CT molecular complexity index is 998. The van der Waals surface area contributed by atoms with Gasteiger partial charge in [0.1, 0.15) is 5.60 Å². The van der Waals surface area contributed by atoms with Gasteiger partial charge >= 0.3 is 0 Å². The topological polar surface area (TPSA) is 82.6 Å². The van der Waals surface area contributed by atoms with E-state index in [2.05, 4.69) is 4.98 Å². The van der Waals surface area contributed by atoms with E-state index in [1.807, 2.05) is 0 Å². The van der Waals surface area contributed by atoms with Crippen molar-refractivity contribution < 1.29 is 23.4 Å². The van der Waals surface area contributed by atoms with Crippen molar-refractivity contribution in [2.75, 3.05) is 13.7 Å². The Labute approximate surface area is 160 Å². The molecule has 1 aliphatic heterocycles. The van der Waals surface area contributed by atoms with Crippen molar-refractivity contribution in [3.8, 4) is 0 Å². The van der Waals surface area contributed by atoms with Crippen molar-refractivity contribution in [2.24, 2.45) is 0 Å². The van der Waals surface area contributed by atoms with Crippen molar-refractivity contribution in [1.29, 1.82) is 0 Å². The fourth-order valence-electron chi connectivity index (χ4n) is 4.37. The Kier molecular flexibility index (Phi) is 4.71. The lowest BCUT2D eigenvalue weighted by molar-refractivity contribution is -0.157. The number of carbonyl (C=O) groups is 1. The van der Waals surface area contributed by atoms with Crippen molar-refractivity contribution in [3.05, 3.63) is 45.4 Å². The summed E-state index contributed by atoms with van der Waals surface area (Å²) in [5.74, 6) is -2.59. The maximum atomic E-state index is 13.9. The van der Waals surface area contributed by atoms with E-state index < -0.39 is 34.7 Å². The average molecular weight is 392 g/mol. The number of benzene rings is 1. The largest absolute Gasteiger partial charge is 0.380 e. The van der Waals surface area contributed by atoms with Gasteiger partial charge in [-0.15, -0.1) is 0 Å². The van der Waals surface area contributed by atoms with Gasteiger partial charge in [0.05, 0.1) is 24.6 Å². The molecule has 2 heterocycles. The highest BCUT2D eigenvalue weighted by Gasteiger charge is 2.42. The first kappa shape index (κ1) is 19.0. The molecule has 1 fully saturated rings. The van der Waals surface area contributed by atoms with Crippen LogP contribution in [0.15, 0.2) is 16.9 Å². The fraction of sp³-hybridized carbons (Fsp3) is 0.500. The molecule has 6 nitrogen and oxygen atoms in total. The molecule has 1 aromatic heterocycles. The number of carbonyl (C=O) groups excluding carboxylic acids is 1. The number of H-pyrrole nitrogens is 1. The summed E-state index contributed by atoms with van der Waals surface area (Å²) in [6.07, 6.45) is 3.31. The number of hydrogen-bond donors (Lipinski definition) is 2. The summed E-state index contributed by atoms with van der Waals surface area (Å²) in [4.78, 5) is 29.4. The Balaban J connectivity index is 1.82. The number of pyridine rings is 1. The molecule has 1 atom stereocenters. The Morgan fingerprint density at radius 1 is 1.21 bits per heavy atom. The predicted octanol–water partition coefficient (Wildman–Crippen LogP) is 2.53. The lowest BCUT2D eigenvalue weighted by Crippen LogP contribution is -2.51. The molecule has 0 spiro atoms. The molecule has 1 aliphatic carbocycles. The minimum absolute atomic E-state index is 0.0155. The molecule has 1 amide bonds. The number of likely N-dealkylation sites (N-methyl/N-ethyl adjacent to an activating group) is 1. The number of fused-ring (bicyclic) bond motifs is 3. The minimum Gasteiger partial charge on any atom is -0.380 e. The van der Waals surface area contributed by atoms with Gasteiger partial charge in [-0.3, -0.25) is 9.59 Å². The van der Waals surface area contributed by atoms with Gasteiger partial charge in [-0.2, -0.15) is 0 Å². The quantitative estimate of drug-likeness (QED) is 0.823. The van der Waals surface area contributed by atoms with Crippen LogP contribution in [0.1, 0.15) is 49.4 Å². The van der Waals surface area contributed by atoms with E-state index in [1.54, 1.807) is 7.05 Å². The van der Waals surface area contributed by atoms with Crippen LogP contribution in [0.4, 0.5) is 8.78 Å². The van der Waals surface area contributed by atoms with Crippen LogP contribution in [-0.2, 0) is 16.1 Å². The number of aromatic nitrogens is 1. The van der Waals surface area contributed by atoms with E-state index >= 15 is 0 Å². The second kappa shape index (κ2) is 6.93. The summed E-state index contributed by atoms with van der Waals surface area (Å²) in [6, 6.07) is 1.23. The molecule has 1 saturated carbocycles. The lowest BCUT2D eigenvalue weighted by atomic mass is 9.83. The number of ether oxygens (including phenoxy) is 1. The molecule has 2 N–H and O–H groups in total. The molecule has 28 heavy (non-hydrogen) atoms. The first-order valence-electron chi connectivity index (χ1n) is 9.43. The average Bonchev–Trinajstić information content (AvgIpc) is 2.68. The van der Waals surface area contributed by atoms with Gasteiger partial charge in [-0.05, 0) is 30.4 Å². The highest BCUT2D eigenvalue weighted by atomic mass is 19.2. The highest BCUT2D eigenvalue weighted by Crippen LogP contribution is 2.37. The zero-order valence-corrected chi connectivity index (χ0v) is 15.6. The maximum absolute atomic E-state index is 13.9. The third-order valence-electron chi connectivity index (χ3n) is 5.91. The normalized spacial score (nSPS) is 21.4. The van der Waals surface area contributed by atoms with E-state index in [-0.39, 0.29) is 24.0 Å². The molecule has 0 unspecified atom stereocenters. The molecule has 2 aromatic rings. The van der Waals surface area contributed by atoms with Gasteiger partial charge in [0.2, 0.25) is 0 Å². The molecular weight excluding hydrogens is 370 g/mol. The molecule has 0 saturated heterocycles. The maximum Gasteiger partial charge on any atom is 0.256 e. The zero-order valence-electron chi connectivity index (χ0n) is 15.6. The second-order valence-corrected chi connectivity index (χ2v) is 7.70. The number of nitrogens with zero attached hydrogens (tertiary/aromatic N) is 1. The van der Waals surface area contributed by atoms with Gasteiger partial charge in [0.15, 0.2) is 11.6 Å². The molecule has 1 aromatic carbocycles. The predicted molar refractivity (Wildman–Crippen MR) is 97.7 cm³/mol. The van der Waals surface area contributed by atoms with Crippen molar-refractivity contribution in [2.45, 2.75) is 50.4 Å². The number of aromatic amines is 1. The molecule has 0 bridgehead atoms. The smallest absolute Gasteiger partial charge is 0.256 e. The third-order valence-corrected chi connectivity index (χ3v) is 5.91. The standard InChI is InChI=1S/C20H22F2N2O4/c1-24(19(26)20(27)5-3-2-4-6-20)16-10-28-9-15-17(16)11-7-13(21)14(22)8-12(11)18(25)23-15/h7-8,16,27H,2-6,9-10H2,1H3,(H,23,25)/t16-/m0/s1. The van der Waals surface area contributed by atoms with Crippen LogP contribution in [0.25, 0.3) is 10.8 Å². The van der Waals surface area contributed by atoms with E-state index in [0.29, 0.717) is 24.1 Å².